The van der Waals surface area contributed by atoms with E-state index < -0.39 is 11.7 Å². The molecule has 0 aliphatic carbocycles. The van der Waals surface area contributed by atoms with Gasteiger partial charge in [0.15, 0.2) is 0 Å². The Bertz CT molecular complexity index is 621. The summed E-state index contributed by atoms with van der Waals surface area (Å²) >= 11 is 6.20. The number of nitrogens with zero attached hydrogens (tertiary/aromatic N) is 1. The molecule has 0 radical (unpaired) electrons. The SMILES string of the molecule is CC(C)(C)OC(=O)N[C@@H](Cc1ccccc1Cl)c1ccn[nH]1. The third kappa shape index (κ3) is 4.77. The maximum atomic E-state index is 12.0. The van der Waals surface area contributed by atoms with Gasteiger partial charge in [0.2, 0.25) is 0 Å². The zero-order chi connectivity index (χ0) is 16.2. The van der Waals surface area contributed by atoms with Gasteiger partial charge in [-0.05, 0) is 44.9 Å². The number of halogens is 1. The van der Waals surface area contributed by atoms with Crippen LogP contribution in [0.1, 0.15) is 38.1 Å². The van der Waals surface area contributed by atoms with Gasteiger partial charge in [0.1, 0.15) is 5.60 Å². The minimum atomic E-state index is -0.549. The summed E-state index contributed by atoms with van der Waals surface area (Å²) in [5.74, 6) is 0. The molecule has 0 aliphatic rings. The third-order valence-electron chi connectivity index (χ3n) is 2.97. The van der Waals surface area contributed by atoms with E-state index in [2.05, 4.69) is 15.5 Å². The molecule has 1 heterocycles. The number of carbonyl (C=O) groups excluding carboxylic acids is 1. The van der Waals surface area contributed by atoms with E-state index in [1.807, 2.05) is 51.1 Å². The summed E-state index contributed by atoms with van der Waals surface area (Å²) in [6.07, 6.45) is 1.71. The van der Waals surface area contributed by atoms with Crippen LogP contribution in [0.2, 0.25) is 5.02 Å². The van der Waals surface area contributed by atoms with Crippen molar-refractivity contribution in [3.63, 3.8) is 0 Å². The number of nitrogens with one attached hydrogen (secondary N) is 2. The number of carbonyl (C=O) groups is 1. The molecule has 0 saturated carbocycles. The van der Waals surface area contributed by atoms with Gasteiger partial charge in [-0.3, -0.25) is 5.10 Å². The Labute approximate surface area is 135 Å². The van der Waals surface area contributed by atoms with Crippen LogP contribution in [-0.2, 0) is 11.2 Å². The van der Waals surface area contributed by atoms with E-state index >= 15 is 0 Å². The molecule has 0 spiro atoms. The first-order valence-electron chi connectivity index (χ1n) is 7.07. The standard InChI is InChI=1S/C16H20ClN3O2/c1-16(2,3)22-15(21)19-14(13-8-9-18-20-13)10-11-6-4-5-7-12(11)17/h4-9,14H,10H2,1-3H3,(H,18,20)(H,19,21)/t14-/m0/s1. The average molecular weight is 322 g/mol. The minimum absolute atomic E-state index is 0.294. The molecule has 0 aliphatic heterocycles. The lowest BCUT2D eigenvalue weighted by Gasteiger charge is -2.23. The second-order valence-corrected chi connectivity index (χ2v) is 6.41. The lowest BCUT2D eigenvalue weighted by molar-refractivity contribution is 0.0502. The number of ether oxygens (including phenoxy) is 1. The number of hydrogen-bond acceptors (Lipinski definition) is 3. The van der Waals surface area contributed by atoms with Crippen molar-refractivity contribution in [2.45, 2.75) is 38.8 Å². The Morgan fingerprint density at radius 1 is 1.36 bits per heavy atom. The summed E-state index contributed by atoms with van der Waals surface area (Å²) in [4.78, 5) is 12.0. The number of alkyl carbamates (subject to hydrolysis) is 1. The van der Waals surface area contributed by atoms with Crippen LogP contribution in [-0.4, -0.2) is 21.9 Å². The molecular weight excluding hydrogens is 302 g/mol. The summed E-state index contributed by atoms with van der Waals surface area (Å²) in [5.41, 5.74) is 1.19. The predicted molar refractivity (Wildman–Crippen MR) is 85.9 cm³/mol. The van der Waals surface area contributed by atoms with E-state index in [-0.39, 0.29) is 6.04 Å². The van der Waals surface area contributed by atoms with Crippen LogP contribution in [0.5, 0.6) is 0 Å². The van der Waals surface area contributed by atoms with Crippen molar-refractivity contribution in [2.24, 2.45) is 0 Å². The van der Waals surface area contributed by atoms with Gasteiger partial charge in [0.05, 0.1) is 11.7 Å². The monoisotopic (exact) mass is 321 g/mol. The van der Waals surface area contributed by atoms with Gasteiger partial charge in [-0.25, -0.2) is 4.79 Å². The van der Waals surface area contributed by atoms with Crippen LogP contribution < -0.4 is 5.32 Å². The second kappa shape index (κ2) is 6.83. The van der Waals surface area contributed by atoms with Crippen LogP contribution in [0.4, 0.5) is 4.79 Å². The van der Waals surface area contributed by atoms with Gasteiger partial charge in [-0.2, -0.15) is 5.10 Å². The normalized spacial score (nSPS) is 12.7. The molecule has 0 fully saturated rings. The highest BCUT2D eigenvalue weighted by molar-refractivity contribution is 6.31. The Kier molecular flexibility index (Phi) is 5.08. The zero-order valence-corrected chi connectivity index (χ0v) is 13.6. The van der Waals surface area contributed by atoms with Crippen molar-refractivity contribution in [2.75, 3.05) is 0 Å². The maximum absolute atomic E-state index is 12.0. The van der Waals surface area contributed by atoms with Gasteiger partial charge < -0.3 is 10.1 Å². The van der Waals surface area contributed by atoms with Gasteiger partial charge in [-0.15, -0.1) is 0 Å². The fourth-order valence-corrected chi connectivity index (χ4v) is 2.25. The molecule has 2 N–H and O–H groups in total. The molecule has 6 heteroatoms. The van der Waals surface area contributed by atoms with Crippen molar-refractivity contribution < 1.29 is 9.53 Å². The van der Waals surface area contributed by atoms with Crippen molar-refractivity contribution in [1.29, 1.82) is 0 Å². The van der Waals surface area contributed by atoms with Gasteiger partial charge in [-0.1, -0.05) is 29.8 Å². The Morgan fingerprint density at radius 2 is 2.09 bits per heavy atom. The number of aromatic nitrogens is 2. The third-order valence-corrected chi connectivity index (χ3v) is 3.34. The molecule has 1 atom stereocenters. The van der Waals surface area contributed by atoms with Crippen molar-refractivity contribution in [3.05, 3.63) is 52.8 Å². The summed E-state index contributed by atoms with van der Waals surface area (Å²) in [5, 5.41) is 10.3. The lowest BCUT2D eigenvalue weighted by Crippen LogP contribution is -2.36. The predicted octanol–water partition coefficient (Wildman–Crippen LogP) is 3.87. The van der Waals surface area contributed by atoms with E-state index in [9.17, 15) is 4.79 Å². The molecule has 1 amide bonds. The molecule has 22 heavy (non-hydrogen) atoms. The molecule has 118 valence electrons. The minimum Gasteiger partial charge on any atom is -0.444 e. The first-order chi connectivity index (χ1) is 10.3. The van der Waals surface area contributed by atoms with Crippen molar-refractivity contribution >= 4 is 17.7 Å². The first-order valence-corrected chi connectivity index (χ1v) is 7.45. The quantitative estimate of drug-likeness (QED) is 0.898. The molecular formula is C16H20ClN3O2. The summed E-state index contributed by atoms with van der Waals surface area (Å²) in [7, 11) is 0. The smallest absolute Gasteiger partial charge is 0.408 e. The first kappa shape index (κ1) is 16.4. The molecule has 2 aromatic rings. The van der Waals surface area contributed by atoms with Gasteiger partial charge in [0.25, 0.3) is 0 Å². The van der Waals surface area contributed by atoms with Crippen LogP contribution in [0.15, 0.2) is 36.5 Å². The average Bonchev–Trinajstić information content (AvgIpc) is 2.92. The number of aromatic amines is 1. The lowest BCUT2D eigenvalue weighted by atomic mass is 10.0. The molecule has 1 aromatic heterocycles. The molecule has 1 aromatic carbocycles. The number of H-pyrrole nitrogens is 1. The molecule has 2 rings (SSSR count). The van der Waals surface area contributed by atoms with Crippen molar-refractivity contribution in [3.8, 4) is 0 Å². The number of benzene rings is 1. The van der Waals surface area contributed by atoms with E-state index in [0.717, 1.165) is 11.3 Å². The van der Waals surface area contributed by atoms with E-state index in [4.69, 9.17) is 16.3 Å². The molecule has 0 unspecified atom stereocenters. The number of rotatable bonds is 4. The number of amides is 1. The van der Waals surface area contributed by atoms with Crippen LogP contribution in [0.25, 0.3) is 0 Å². The Morgan fingerprint density at radius 3 is 2.68 bits per heavy atom. The largest absolute Gasteiger partial charge is 0.444 e. The van der Waals surface area contributed by atoms with E-state index in [1.54, 1.807) is 6.20 Å². The van der Waals surface area contributed by atoms with Crippen LogP contribution in [0.3, 0.4) is 0 Å². The molecule has 5 nitrogen and oxygen atoms in total. The van der Waals surface area contributed by atoms with Crippen molar-refractivity contribution in [1.82, 2.24) is 15.5 Å². The molecule has 0 saturated heterocycles. The second-order valence-electron chi connectivity index (χ2n) is 6.01. The van der Waals surface area contributed by atoms with E-state index in [0.29, 0.717) is 11.4 Å². The maximum Gasteiger partial charge on any atom is 0.408 e. The highest BCUT2D eigenvalue weighted by Crippen LogP contribution is 2.23. The zero-order valence-electron chi connectivity index (χ0n) is 12.9. The topological polar surface area (TPSA) is 67.0 Å². The summed E-state index contributed by atoms with van der Waals surface area (Å²) < 4.78 is 5.32. The van der Waals surface area contributed by atoms with Gasteiger partial charge in [0, 0.05) is 11.2 Å². The fraction of sp³-hybridized carbons (Fsp3) is 0.375. The summed E-state index contributed by atoms with van der Waals surface area (Å²) in [6, 6.07) is 9.07. The van der Waals surface area contributed by atoms with E-state index in [1.165, 1.54) is 0 Å². The summed E-state index contributed by atoms with van der Waals surface area (Å²) in [6.45, 7) is 5.48. The fourth-order valence-electron chi connectivity index (χ4n) is 2.03. The van der Waals surface area contributed by atoms with Crippen LogP contribution >= 0.6 is 11.6 Å². The molecule has 0 bridgehead atoms. The van der Waals surface area contributed by atoms with Gasteiger partial charge >= 0.3 is 6.09 Å². The van der Waals surface area contributed by atoms with Crippen LogP contribution in [0, 0.1) is 0 Å². The number of hydrogen-bond donors (Lipinski definition) is 2. The highest BCUT2D eigenvalue weighted by Gasteiger charge is 2.22. The Hall–Kier alpha value is -2.01. The highest BCUT2D eigenvalue weighted by atomic mass is 35.5. The Balaban J connectivity index is 2.14.